The van der Waals surface area contributed by atoms with Crippen LogP contribution in [0.2, 0.25) is 0 Å². The third-order valence-electron chi connectivity index (χ3n) is 4.45. The summed E-state index contributed by atoms with van der Waals surface area (Å²) in [6, 6.07) is 7.31. The van der Waals surface area contributed by atoms with Crippen LogP contribution in [0.5, 0.6) is 0 Å². The van der Waals surface area contributed by atoms with Gasteiger partial charge in [0.05, 0.1) is 12.3 Å². The number of benzene rings is 1. The number of para-hydroxylation sites is 1. The minimum absolute atomic E-state index is 0.0290. The molecule has 0 radical (unpaired) electrons. The second-order valence-electron chi connectivity index (χ2n) is 6.32. The van der Waals surface area contributed by atoms with Crippen LogP contribution in [0.15, 0.2) is 30.3 Å². The Morgan fingerprint density at radius 1 is 1.07 bits per heavy atom. The molecule has 1 heterocycles. The fourth-order valence-corrected chi connectivity index (χ4v) is 2.99. The highest BCUT2D eigenvalue weighted by atomic mass is 16.5. The van der Waals surface area contributed by atoms with Crippen molar-refractivity contribution in [3.05, 3.63) is 30.3 Å². The molecule has 8 nitrogen and oxygen atoms in total. The molecule has 2 rings (SSSR count). The highest BCUT2D eigenvalue weighted by Crippen LogP contribution is 2.37. The van der Waals surface area contributed by atoms with Crippen molar-refractivity contribution in [3.63, 3.8) is 0 Å². The molecule has 0 bridgehead atoms. The lowest BCUT2D eigenvalue weighted by molar-refractivity contribution is -0.147. The quantitative estimate of drug-likeness (QED) is 0.550. The predicted octanol–water partition coefficient (Wildman–Crippen LogP) is 1.97. The summed E-state index contributed by atoms with van der Waals surface area (Å²) in [5.41, 5.74) is -1.39. The van der Waals surface area contributed by atoms with E-state index in [1.165, 1.54) is 6.92 Å². The molecular weight excluding hydrogens is 352 g/mol. The van der Waals surface area contributed by atoms with Crippen LogP contribution in [0.4, 0.5) is 10.5 Å². The minimum Gasteiger partial charge on any atom is -0.466 e. The lowest BCUT2D eigenvalue weighted by atomic mass is 9.75. The number of carbonyl (C=O) groups is 5. The van der Waals surface area contributed by atoms with E-state index in [1.807, 2.05) is 0 Å². The molecule has 1 unspecified atom stereocenters. The molecule has 1 aromatic rings. The third-order valence-corrected chi connectivity index (χ3v) is 4.45. The summed E-state index contributed by atoms with van der Waals surface area (Å²) in [4.78, 5) is 62.3. The third kappa shape index (κ3) is 4.39. The van der Waals surface area contributed by atoms with Gasteiger partial charge in [-0.1, -0.05) is 18.2 Å². The topological polar surface area (TPSA) is 110 Å². The lowest BCUT2D eigenvalue weighted by Crippen LogP contribution is -2.64. The highest BCUT2D eigenvalue weighted by molar-refractivity contribution is 6.30. The fraction of sp³-hybridized carbons (Fsp3) is 0.421. The van der Waals surface area contributed by atoms with Gasteiger partial charge in [0.1, 0.15) is 11.2 Å². The molecule has 1 fully saturated rings. The van der Waals surface area contributed by atoms with Crippen molar-refractivity contribution >= 4 is 35.3 Å². The van der Waals surface area contributed by atoms with E-state index in [1.54, 1.807) is 37.3 Å². The maximum atomic E-state index is 13.2. The first-order chi connectivity index (χ1) is 12.8. The van der Waals surface area contributed by atoms with Gasteiger partial charge in [-0.05, 0) is 38.8 Å². The number of hydrogen-bond donors (Lipinski definition) is 1. The van der Waals surface area contributed by atoms with Crippen molar-refractivity contribution in [1.29, 1.82) is 0 Å². The Kier molecular flexibility index (Phi) is 6.44. The predicted molar refractivity (Wildman–Crippen MR) is 95.7 cm³/mol. The Labute approximate surface area is 156 Å². The molecule has 27 heavy (non-hydrogen) atoms. The second kappa shape index (κ2) is 8.57. The number of hydrogen-bond acceptors (Lipinski definition) is 6. The summed E-state index contributed by atoms with van der Waals surface area (Å²) < 4.78 is 4.88. The molecule has 0 aromatic heterocycles. The number of urea groups is 1. The van der Waals surface area contributed by atoms with Gasteiger partial charge in [0, 0.05) is 12.8 Å². The van der Waals surface area contributed by atoms with Gasteiger partial charge < -0.3 is 9.53 Å². The summed E-state index contributed by atoms with van der Waals surface area (Å²) in [7, 11) is 0. The van der Waals surface area contributed by atoms with E-state index in [9.17, 15) is 24.0 Å². The first-order valence-corrected chi connectivity index (χ1v) is 8.72. The van der Waals surface area contributed by atoms with Crippen molar-refractivity contribution in [3.8, 4) is 0 Å². The zero-order valence-electron chi connectivity index (χ0n) is 15.3. The van der Waals surface area contributed by atoms with Gasteiger partial charge in [-0.15, -0.1) is 0 Å². The minimum atomic E-state index is -1.69. The molecular formula is C19H22N2O6. The standard InChI is InChI=1S/C19H22N2O6/c1-3-27-15(23)10-12-19(11-9-13(2)22)16(24)20-18(26)21(17(19)25)14-7-5-4-6-8-14/h4-8H,3,9-12H2,1-2H3,(H,20,24,26). The van der Waals surface area contributed by atoms with Crippen LogP contribution in [0, 0.1) is 5.41 Å². The van der Waals surface area contributed by atoms with Gasteiger partial charge in [0.25, 0.3) is 5.91 Å². The van der Waals surface area contributed by atoms with Crippen LogP contribution in [-0.4, -0.2) is 36.2 Å². The summed E-state index contributed by atoms with van der Waals surface area (Å²) in [6.45, 7) is 3.18. The van der Waals surface area contributed by atoms with Crippen LogP contribution in [-0.2, 0) is 23.9 Å². The summed E-state index contributed by atoms with van der Waals surface area (Å²) in [5.74, 6) is -2.29. The molecule has 144 valence electrons. The van der Waals surface area contributed by atoms with Crippen LogP contribution >= 0.6 is 0 Å². The van der Waals surface area contributed by atoms with E-state index in [4.69, 9.17) is 4.74 Å². The van der Waals surface area contributed by atoms with Crippen molar-refractivity contribution in [2.24, 2.45) is 5.41 Å². The first kappa shape index (κ1) is 20.3. The Balaban J connectivity index is 2.39. The number of carbonyl (C=O) groups excluding carboxylic acids is 5. The molecule has 1 N–H and O–H groups in total. The van der Waals surface area contributed by atoms with Crippen LogP contribution in [0.25, 0.3) is 0 Å². The molecule has 1 aliphatic heterocycles. The number of ketones is 1. The van der Waals surface area contributed by atoms with E-state index in [0.29, 0.717) is 5.69 Å². The van der Waals surface area contributed by atoms with E-state index < -0.39 is 29.2 Å². The largest absolute Gasteiger partial charge is 0.466 e. The molecule has 1 aromatic carbocycles. The highest BCUT2D eigenvalue weighted by Gasteiger charge is 2.54. The van der Waals surface area contributed by atoms with Crippen molar-refractivity contribution in [2.75, 3.05) is 11.5 Å². The number of rotatable bonds is 8. The second-order valence-corrected chi connectivity index (χ2v) is 6.32. The van der Waals surface area contributed by atoms with Gasteiger partial charge in [-0.2, -0.15) is 0 Å². The summed E-state index contributed by atoms with van der Waals surface area (Å²) in [6.07, 6.45) is -0.454. The van der Waals surface area contributed by atoms with Gasteiger partial charge >= 0.3 is 12.0 Å². The molecule has 0 spiro atoms. The van der Waals surface area contributed by atoms with Gasteiger partial charge in [0.2, 0.25) is 5.91 Å². The first-order valence-electron chi connectivity index (χ1n) is 8.72. The maximum Gasteiger partial charge on any atom is 0.335 e. The lowest BCUT2D eigenvalue weighted by Gasteiger charge is -2.39. The number of Topliss-reactive ketones (excluding diaryl/α,β-unsaturated/α-hetero) is 1. The summed E-state index contributed by atoms with van der Waals surface area (Å²) in [5, 5.41) is 2.19. The molecule has 4 amide bonds. The Morgan fingerprint density at radius 2 is 1.70 bits per heavy atom. The number of amides is 4. The number of imide groups is 2. The molecule has 0 aliphatic carbocycles. The average molecular weight is 374 g/mol. The fourth-order valence-electron chi connectivity index (χ4n) is 2.99. The normalized spacial score (nSPS) is 19.6. The number of nitrogens with zero attached hydrogens (tertiary/aromatic N) is 1. The maximum absolute atomic E-state index is 13.2. The zero-order chi connectivity index (χ0) is 20.0. The van der Waals surface area contributed by atoms with Crippen LogP contribution in [0.1, 0.15) is 39.5 Å². The van der Waals surface area contributed by atoms with E-state index >= 15 is 0 Å². The average Bonchev–Trinajstić information content (AvgIpc) is 2.62. The Morgan fingerprint density at radius 3 is 2.30 bits per heavy atom. The summed E-state index contributed by atoms with van der Waals surface area (Å²) >= 11 is 0. The number of anilines is 1. The van der Waals surface area contributed by atoms with Crippen LogP contribution < -0.4 is 10.2 Å². The molecule has 0 saturated carbocycles. The Hall–Kier alpha value is -3.03. The van der Waals surface area contributed by atoms with E-state index in [0.717, 1.165) is 4.90 Å². The van der Waals surface area contributed by atoms with Crippen molar-refractivity contribution < 1.29 is 28.7 Å². The number of barbiturate groups is 1. The van der Waals surface area contributed by atoms with Gasteiger partial charge in [0.15, 0.2) is 0 Å². The van der Waals surface area contributed by atoms with Crippen molar-refractivity contribution in [2.45, 2.75) is 39.5 Å². The number of ether oxygens (including phenoxy) is 1. The molecule has 8 heteroatoms. The molecule has 1 aliphatic rings. The molecule has 1 atom stereocenters. The van der Waals surface area contributed by atoms with Gasteiger partial charge in [-0.25, -0.2) is 9.69 Å². The number of nitrogens with one attached hydrogen (secondary N) is 1. The van der Waals surface area contributed by atoms with E-state index in [2.05, 4.69) is 5.32 Å². The molecule has 1 saturated heterocycles. The van der Waals surface area contributed by atoms with Gasteiger partial charge in [-0.3, -0.25) is 19.7 Å². The van der Waals surface area contributed by atoms with E-state index in [-0.39, 0.29) is 38.1 Å². The Bertz CT molecular complexity index is 761. The monoisotopic (exact) mass is 374 g/mol. The smallest absolute Gasteiger partial charge is 0.335 e. The zero-order valence-corrected chi connectivity index (χ0v) is 15.3. The number of esters is 1. The van der Waals surface area contributed by atoms with Crippen molar-refractivity contribution in [1.82, 2.24) is 5.32 Å². The SMILES string of the molecule is CCOC(=O)CCC1(CCC(C)=O)C(=O)NC(=O)N(c2ccccc2)C1=O. The van der Waals surface area contributed by atoms with Crippen LogP contribution in [0.3, 0.4) is 0 Å².